The van der Waals surface area contributed by atoms with Crippen molar-refractivity contribution in [3.8, 4) is 17.2 Å². The summed E-state index contributed by atoms with van der Waals surface area (Å²) in [4.78, 5) is 14.5. The van der Waals surface area contributed by atoms with E-state index in [1.165, 1.54) is 23.1 Å². The van der Waals surface area contributed by atoms with E-state index in [4.69, 9.17) is 9.47 Å². The number of carbonyl (C=O) groups is 1. The molecule has 1 aliphatic heterocycles. The number of ether oxygens (including phenoxy) is 2. The molecule has 0 unspecified atom stereocenters. The monoisotopic (exact) mass is 438 g/mol. The molecule has 0 atom stereocenters. The Hall–Kier alpha value is -3.52. The molecule has 8 heteroatoms. The molecule has 1 heterocycles. The minimum absolute atomic E-state index is 0.0957. The van der Waals surface area contributed by atoms with E-state index in [-0.39, 0.29) is 22.1 Å². The minimum atomic E-state index is -3.84. The molecule has 1 aliphatic rings. The largest absolute Gasteiger partial charge is 0.494 e. The van der Waals surface area contributed by atoms with Crippen LogP contribution in [0.3, 0.4) is 0 Å². The second kappa shape index (κ2) is 8.31. The molecular weight excluding hydrogens is 416 g/mol. The lowest BCUT2D eigenvalue weighted by atomic mass is 10.1. The Labute approximate surface area is 181 Å². The quantitative estimate of drug-likeness (QED) is 0.605. The first-order chi connectivity index (χ1) is 14.9. The standard InChI is InChI=1S/C23H22N2O5S/c1-3-14-29-17-9-11-18(12-10-17)31(27,28)24-16-8-13-21-19(15-16)23(26)25(2)20-6-4-5-7-22(20)30-21/h4-13,15,24H,3,14H2,1-2H3. The number of fused-ring (bicyclic) bond motifs is 2. The molecule has 1 amide bonds. The van der Waals surface area contributed by atoms with Gasteiger partial charge in [-0.2, -0.15) is 0 Å². The number of sulfonamides is 1. The summed E-state index contributed by atoms with van der Waals surface area (Å²) in [7, 11) is -2.19. The average molecular weight is 439 g/mol. The molecule has 0 fully saturated rings. The zero-order valence-corrected chi connectivity index (χ0v) is 18.0. The van der Waals surface area contributed by atoms with E-state index in [0.29, 0.717) is 29.5 Å². The van der Waals surface area contributed by atoms with Gasteiger partial charge in [0, 0.05) is 12.7 Å². The number of carbonyl (C=O) groups excluding carboxylic acids is 1. The number of anilines is 2. The number of hydrogen-bond acceptors (Lipinski definition) is 5. The molecule has 0 aromatic heterocycles. The first kappa shape index (κ1) is 20.7. The van der Waals surface area contributed by atoms with Crippen molar-refractivity contribution in [1.82, 2.24) is 0 Å². The number of para-hydroxylation sites is 2. The number of amides is 1. The number of hydrogen-bond donors (Lipinski definition) is 1. The van der Waals surface area contributed by atoms with Gasteiger partial charge in [0.2, 0.25) is 0 Å². The summed E-state index contributed by atoms with van der Waals surface area (Å²) < 4.78 is 39.5. The Kier molecular flexibility index (Phi) is 5.56. The van der Waals surface area contributed by atoms with Crippen LogP contribution in [0.1, 0.15) is 23.7 Å². The van der Waals surface area contributed by atoms with E-state index in [1.54, 1.807) is 43.4 Å². The summed E-state index contributed by atoms with van der Waals surface area (Å²) in [6, 6.07) is 18.0. The summed E-state index contributed by atoms with van der Waals surface area (Å²) in [6.45, 7) is 2.56. The van der Waals surface area contributed by atoms with Crippen molar-refractivity contribution in [2.75, 3.05) is 23.3 Å². The lowest BCUT2D eigenvalue weighted by molar-refractivity contribution is 0.0993. The van der Waals surface area contributed by atoms with Gasteiger partial charge in [-0.3, -0.25) is 9.52 Å². The Morgan fingerprint density at radius 2 is 1.74 bits per heavy atom. The predicted molar refractivity (Wildman–Crippen MR) is 119 cm³/mol. The summed E-state index contributed by atoms with van der Waals surface area (Å²) in [5.41, 5.74) is 1.17. The molecule has 0 bridgehead atoms. The molecule has 0 radical (unpaired) electrons. The number of benzene rings is 3. The highest BCUT2D eigenvalue weighted by Gasteiger charge is 2.26. The van der Waals surface area contributed by atoms with Crippen molar-refractivity contribution >= 4 is 27.3 Å². The van der Waals surface area contributed by atoms with Gasteiger partial charge in [0.25, 0.3) is 15.9 Å². The third-order valence-electron chi connectivity index (χ3n) is 4.82. The van der Waals surface area contributed by atoms with Crippen LogP contribution in [0, 0.1) is 0 Å². The van der Waals surface area contributed by atoms with Gasteiger partial charge < -0.3 is 14.4 Å². The Balaban J connectivity index is 1.60. The zero-order chi connectivity index (χ0) is 22.0. The van der Waals surface area contributed by atoms with Crippen LogP contribution in [0.25, 0.3) is 0 Å². The second-order valence-electron chi connectivity index (χ2n) is 7.07. The van der Waals surface area contributed by atoms with Gasteiger partial charge in [0.1, 0.15) is 11.5 Å². The van der Waals surface area contributed by atoms with Crippen molar-refractivity contribution in [2.24, 2.45) is 0 Å². The maximum Gasteiger partial charge on any atom is 0.261 e. The van der Waals surface area contributed by atoms with Crippen LogP contribution in [0.15, 0.2) is 71.6 Å². The van der Waals surface area contributed by atoms with Crippen LogP contribution >= 0.6 is 0 Å². The first-order valence-corrected chi connectivity index (χ1v) is 11.3. The maximum absolute atomic E-state index is 13.0. The van der Waals surface area contributed by atoms with Gasteiger partial charge in [-0.25, -0.2) is 8.42 Å². The van der Waals surface area contributed by atoms with E-state index >= 15 is 0 Å². The van der Waals surface area contributed by atoms with E-state index in [2.05, 4.69) is 4.72 Å². The summed E-state index contributed by atoms with van der Waals surface area (Å²) in [6.07, 6.45) is 0.864. The molecule has 0 saturated heterocycles. The first-order valence-electron chi connectivity index (χ1n) is 9.84. The smallest absolute Gasteiger partial charge is 0.261 e. The van der Waals surface area contributed by atoms with Crippen LogP contribution in [0.2, 0.25) is 0 Å². The Morgan fingerprint density at radius 3 is 2.48 bits per heavy atom. The third-order valence-corrected chi connectivity index (χ3v) is 6.22. The Bertz CT molecular complexity index is 1220. The fourth-order valence-corrected chi connectivity index (χ4v) is 4.28. The summed E-state index contributed by atoms with van der Waals surface area (Å²) in [5.74, 6) is 1.23. The fraction of sp³-hybridized carbons (Fsp3) is 0.174. The van der Waals surface area contributed by atoms with Gasteiger partial charge in [0.05, 0.1) is 22.8 Å². The molecule has 3 aromatic carbocycles. The van der Waals surface area contributed by atoms with Crippen LogP contribution in [0.5, 0.6) is 17.2 Å². The van der Waals surface area contributed by atoms with Crippen molar-refractivity contribution in [1.29, 1.82) is 0 Å². The minimum Gasteiger partial charge on any atom is -0.494 e. The van der Waals surface area contributed by atoms with Crippen molar-refractivity contribution in [2.45, 2.75) is 18.2 Å². The van der Waals surface area contributed by atoms with Crippen LogP contribution < -0.4 is 19.1 Å². The van der Waals surface area contributed by atoms with E-state index in [0.717, 1.165) is 6.42 Å². The maximum atomic E-state index is 13.0. The number of rotatable bonds is 6. The topological polar surface area (TPSA) is 84.9 Å². The number of nitrogens with one attached hydrogen (secondary N) is 1. The molecule has 1 N–H and O–H groups in total. The van der Waals surface area contributed by atoms with Crippen LogP contribution in [0.4, 0.5) is 11.4 Å². The lowest BCUT2D eigenvalue weighted by Gasteiger charge is -2.16. The average Bonchev–Trinajstić information content (AvgIpc) is 2.87. The highest BCUT2D eigenvalue weighted by molar-refractivity contribution is 7.92. The highest BCUT2D eigenvalue weighted by atomic mass is 32.2. The van der Waals surface area contributed by atoms with Crippen molar-refractivity contribution in [3.05, 3.63) is 72.3 Å². The van der Waals surface area contributed by atoms with Gasteiger partial charge >= 0.3 is 0 Å². The molecule has 0 spiro atoms. The molecule has 31 heavy (non-hydrogen) atoms. The molecule has 4 rings (SSSR count). The SMILES string of the molecule is CCCOc1ccc(S(=O)(=O)Nc2ccc3c(c2)C(=O)N(C)c2ccccc2O3)cc1. The zero-order valence-electron chi connectivity index (χ0n) is 17.2. The van der Waals surface area contributed by atoms with Gasteiger partial charge in [-0.15, -0.1) is 0 Å². The van der Waals surface area contributed by atoms with Crippen LogP contribution in [-0.2, 0) is 10.0 Å². The van der Waals surface area contributed by atoms with Crippen LogP contribution in [-0.4, -0.2) is 28.0 Å². The molecule has 0 saturated carbocycles. The van der Waals surface area contributed by atoms with Gasteiger partial charge in [0.15, 0.2) is 5.75 Å². The third kappa shape index (κ3) is 4.20. The highest BCUT2D eigenvalue weighted by Crippen LogP contribution is 2.39. The van der Waals surface area contributed by atoms with Gasteiger partial charge in [-0.05, 0) is 61.0 Å². The van der Waals surface area contributed by atoms with Crippen molar-refractivity contribution < 1.29 is 22.7 Å². The molecule has 0 aliphatic carbocycles. The summed E-state index contributed by atoms with van der Waals surface area (Å²) >= 11 is 0. The Morgan fingerprint density at radius 1 is 1.00 bits per heavy atom. The number of nitrogens with zero attached hydrogens (tertiary/aromatic N) is 1. The van der Waals surface area contributed by atoms with Crippen molar-refractivity contribution in [3.63, 3.8) is 0 Å². The molecular formula is C23H22N2O5S. The predicted octanol–water partition coefficient (Wildman–Crippen LogP) is 4.66. The molecule has 160 valence electrons. The van der Waals surface area contributed by atoms with E-state index in [9.17, 15) is 13.2 Å². The second-order valence-corrected chi connectivity index (χ2v) is 8.75. The fourth-order valence-electron chi connectivity index (χ4n) is 3.23. The van der Waals surface area contributed by atoms with E-state index in [1.807, 2.05) is 19.1 Å². The van der Waals surface area contributed by atoms with Gasteiger partial charge in [-0.1, -0.05) is 19.1 Å². The van der Waals surface area contributed by atoms with E-state index < -0.39 is 10.0 Å². The molecule has 7 nitrogen and oxygen atoms in total. The molecule has 3 aromatic rings. The summed E-state index contributed by atoms with van der Waals surface area (Å²) in [5, 5.41) is 0. The lowest BCUT2D eigenvalue weighted by Crippen LogP contribution is -2.25. The normalized spacial score (nSPS) is 13.0.